The summed E-state index contributed by atoms with van der Waals surface area (Å²) in [6, 6.07) is 0. The Hall–Kier alpha value is 0.250. The van der Waals surface area contributed by atoms with Crippen molar-refractivity contribution in [2.45, 2.75) is 38.0 Å². The van der Waals surface area contributed by atoms with Gasteiger partial charge in [0, 0.05) is 0 Å². The van der Waals surface area contributed by atoms with Crippen molar-refractivity contribution in [3.63, 3.8) is 0 Å². The van der Waals surface area contributed by atoms with Gasteiger partial charge in [-0.2, -0.15) is 0 Å². The van der Waals surface area contributed by atoms with Gasteiger partial charge in [-0.05, 0) is 6.42 Å². The zero-order valence-corrected chi connectivity index (χ0v) is 6.66. The summed E-state index contributed by atoms with van der Waals surface area (Å²) in [6.07, 6.45) is 4.39. The molecule has 1 unspecified atom stereocenters. The predicted molar refractivity (Wildman–Crippen MR) is 39.3 cm³/mol. The quantitative estimate of drug-likeness (QED) is 0.423. The first-order valence-electron chi connectivity index (χ1n) is 3.53. The van der Waals surface area contributed by atoms with Crippen LogP contribution in [0.1, 0.15) is 32.6 Å². The maximum Gasteiger partial charge on any atom is 0.0985 e. The molecule has 0 N–H and O–H groups in total. The van der Waals surface area contributed by atoms with Crippen LogP contribution in [0, 0.1) is 0 Å². The van der Waals surface area contributed by atoms with Crippen LogP contribution < -0.4 is 0 Å². The maximum absolute atomic E-state index is 10.1. The first-order valence-corrected chi connectivity index (χ1v) is 3.97. The molecule has 0 heterocycles. The van der Waals surface area contributed by atoms with Crippen LogP contribution in [-0.4, -0.2) is 12.0 Å². The van der Waals surface area contributed by atoms with E-state index in [1.807, 2.05) is 0 Å². The van der Waals surface area contributed by atoms with E-state index in [1.54, 1.807) is 0 Å². The van der Waals surface area contributed by atoms with E-state index in [2.05, 4.69) is 6.92 Å². The Morgan fingerprint density at radius 3 is 2.56 bits per heavy atom. The Morgan fingerprint density at radius 1 is 1.44 bits per heavy atom. The summed E-state index contributed by atoms with van der Waals surface area (Å²) in [5, 5.41) is 9.96. The highest BCUT2D eigenvalue weighted by atomic mass is 35.5. The monoisotopic (exact) mass is 149 g/mol. The van der Waals surface area contributed by atoms with Crippen molar-refractivity contribution in [1.29, 1.82) is 0 Å². The molecule has 0 spiro atoms. The molecule has 0 aromatic rings. The molecule has 1 atom stereocenters. The first-order chi connectivity index (χ1) is 4.31. The van der Waals surface area contributed by atoms with E-state index in [4.69, 9.17) is 11.6 Å². The fraction of sp³-hybridized carbons (Fsp3) is 1.00. The molecule has 0 fully saturated rings. The second kappa shape index (κ2) is 6.37. The van der Waals surface area contributed by atoms with Gasteiger partial charge >= 0.3 is 0 Å². The predicted octanol–water partition coefficient (Wildman–Crippen LogP) is 2.60. The Kier molecular flexibility index (Phi) is 6.55. The summed E-state index contributed by atoms with van der Waals surface area (Å²) in [7, 11) is 0. The third-order valence-corrected chi connectivity index (χ3v) is 1.65. The van der Waals surface area contributed by atoms with Crippen molar-refractivity contribution in [3.05, 3.63) is 0 Å². The second-order valence-electron chi connectivity index (χ2n) is 2.26. The molecule has 0 aliphatic carbocycles. The normalized spacial score (nSPS) is 13.7. The van der Waals surface area contributed by atoms with E-state index < -0.39 is 0 Å². The summed E-state index contributed by atoms with van der Waals surface area (Å²) in [5.74, 6) is 0. The topological polar surface area (TPSA) is 19.9 Å². The van der Waals surface area contributed by atoms with Crippen LogP contribution in [0.15, 0.2) is 0 Å². The van der Waals surface area contributed by atoms with Crippen molar-refractivity contribution >= 4 is 11.6 Å². The van der Waals surface area contributed by atoms with E-state index in [0.29, 0.717) is 0 Å². The molecule has 0 amide bonds. The minimum Gasteiger partial charge on any atom is -0.235 e. The van der Waals surface area contributed by atoms with Crippen LogP contribution in [0.25, 0.3) is 0 Å². The molecule has 1 radical (unpaired) electrons. The molecular formula is C7H14ClO. The van der Waals surface area contributed by atoms with Gasteiger partial charge in [0.15, 0.2) is 0 Å². The molecule has 0 rings (SSSR count). The highest BCUT2D eigenvalue weighted by Crippen LogP contribution is 2.07. The second-order valence-corrected chi connectivity index (χ2v) is 2.88. The lowest BCUT2D eigenvalue weighted by molar-refractivity contribution is 0.189. The van der Waals surface area contributed by atoms with Crippen molar-refractivity contribution in [2.75, 3.05) is 6.61 Å². The average molecular weight is 150 g/mol. The Balaban J connectivity index is 2.88. The largest absolute Gasteiger partial charge is 0.235 e. The van der Waals surface area contributed by atoms with Crippen LogP contribution in [0.4, 0.5) is 0 Å². The highest BCUT2D eigenvalue weighted by Gasteiger charge is 2.00. The molecule has 0 saturated heterocycles. The molecule has 0 aliphatic rings. The fourth-order valence-corrected chi connectivity index (χ4v) is 0.853. The number of hydrogen-bond acceptors (Lipinski definition) is 0. The van der Waals surface area contributed by atoms with Gasteiger partial charge in [-0.15, -0.1) is 11.6 Å². The van der Waals surface area contributed by atoms with Crippen molar-refractivity contribution in [2.24, 2.45) is 0 Å². The summed E-state index contributed by atoms with van der Waals surface area (Å²) in [5.41, 5.74) is 0. The van der Waals surface area contributed by atoms with E-state index in [-0.39, 0.29) is 12.0 Å². The number of halogens is 1. The van der Waals surface area contributed by atoms with Crippen molar-refractivity contribution in [1.82, 2.24) is 0 Å². The molecule has 0 aliphatic heterocycles. The van der Waals surface area contributed by atoms with E-state index in [1.165, 1.54) is 12.8 Å². The molecule has 55 valence electrons. The molecule has 2 heteroatoms. The smallest absolute Gasteiger partial charge is 0.0985 e. The third kappa shape index (κ3) is 6.13. The van der Waals surface area contributed by atoms with Crippen LogP contribution in [0.5, 0.6) is 0 Å². The minimum absolute atomic E-state index is 0.128. The number of hydrogen-bond donors (Lipinski definition) is 0. The summed E-state index contributed by atoms with van der Waals surface area (Å²) < 4.78 is 0. The SMILES string of the molecule is CCCCCC(Cl)C[O]. The van der Waals surface area contributed by atoms with Gasteiger partial charge in [0.2, 0.25) is 0 Å². The molecule has 1 nitrogen and oxygen atoms in total. The zero-order chi connectivity index (χ0) is 7.11. The van der Waals surface area contributed by atoms with Gasteiger partial charge in [-0.3, -0.25) is 0 Å². The Morgan fingerprint density at radius 2 is 2.11 bits per heavy atom. The van der Waals surface area contributed by atoms with E-state index in [9.17, 15) is 5.11 Å². The lowest BCUT2D eigenvalue weighted by Crippen LogP contribution is -2.02. The van der Waals surface area contributed by atoms with Gasteiger partial charge < -0.3 is 0 Å². The van der Waals surface area contributed by atoms with Crippen LogP contribution in [-0.2, 0) is 5.11 Å². The average Bonchev–Trinajstić information content (AvgIpc) is 1.89. The lowest BCUT2D eigenvalue weighted by atomic mass is 10.2. The maximum atomic E-state index is 10.1. The van der Waals surface area contributed by atoms with Gasteiger partial charge in [0.05, 0.1) is 12.0 Å². The van der Waals surface area contributed by atoms with Gasteiger partial charge in [-0.25, -0.2) is 5.11 Å². The summed E-state index contributed by atoms with van der Waals surface area (Å²) in [4.78, 5) is 0. The molecular weight excluding hydrogens is 136 g/mol. The lowest BCUT2D eigenvalue weighted by Gasteiger charge is -2.01. The van der Waals surface area contributed by atoms with Crippen LogP contribution >= 0.6 is 11.6 Å². The van der Waals surface area contributed by atoms with Gasteiger partial charge in [-0.1, -0.05) is 26.2 Å². The summed E-state index contributed by atoms with van der Waals surface area (Å²) in [6.45, 7) is 2.01. The molecule has 0 aromatic carbocycles. The molecule has 0 bridgehead atoms. The Labute approximate surface area is 62.0 Å². The van der Waals surface area contributed by atoms with Crippen LogP contribution in [0.3, 0.4) is 0 Å². The van der Waals surface area contributed by atoms with Crippen molar-refractivity contribution < 1.29 is 5.11 Å². The minimum atomic E-state index is -0.134. The summed E-state index contributed by atoms with van der Waals surface area (Å²) >= 11 is 5.59. The molecule has 0 aromatic heterocycles. The molecule has 9 heavy (non-hydrogen) atoms. The van der Waals surface area contributed by atoms with Gasteiger partial charge in [0.25, 0.3) is 0 Å². The standard InChI is InChI=1S/C7H14ClO/c1-2-3-4-5-7(8)6-9/h7H,2-6H2,1H3. The van der Waals surface area contributed by atoms with Gasteiger partial charge in [0.1, 0.15) is 0 Å². The highest BCUT2D eigenvalue weighted by molar-refractivity contribution is 6.20. The fourth-order valence-electron chi connectivity index (χ4n) is 0.699. The van der Waals surface area contributed by atoms with E-state index >= 15 is 0 Å². The number of unbranched alkanes of at least 4 members (excludes halogenated alkanes) is 2. The van der Waals surface area contributed by atoms with Crippen LogP contribution in [0.2, 0.25) is 0 Å². The first kappa shape index (κ1) is 9.25. The Bertz CT molecular complexity index is 56.9. The zero-order valence-electron chi connectivity index (χ0n) is 5.90. The number of alkyl halides is 1. The van der Waals surface area contributed by atoms with Crippen molar-refractivity contribution in [3.8, 4) is 0 Å². The third-order valence-electron chi connectivity index (χ3n) is 1.30. The number of rotatable bonds is 5. The molecule has 0 saturated carbocycles. The van der Waals surface area contributed by atoms with E-state index in [0.717, 1.165) is 12.8 Å².